The summed E-state index contributed by atoms with van der Waals surface area (Å²) in [6, 6.07) is 4.00. The average Bonchev–Trinajstić information content (AvgIpc) is 2.71. The van der Waals surface area contributed by atoms with Gasteiger partial charge in [-0.25, -0.2) is 9.78 Å². The van der Waals surface area contributed by atoms with E-state index in [0.29, 0.717) is 0 Å². The molecular formula is C14H18N2O3. The van der Waals surface area contributed by atoms with E-state index in [0.717, 1.165) is 22.2 Å². The zero-order chi connectivity index (χ0) is 14.2. The number of hydrogen-bond donors (Lipinski definition) is 1. The lowest BCUT2D eigenvalue weighted by atomic mass is 10.1. The van der Waals surface area contributed by atoms with Crippen LogP contribution in [-0.2, 0) is 16.1 Å². The van der Waals surface area contributed by atoms with Crippen LogP contribution in [0.2, 0.25) is 0 Å². The molecule has 2 rings (SSSR count). The molecule has 2 aromatic rings. The molecule has 0 spiro atoms. The van der Waals surface area contributed by atoms with Gasteiger partial charge in [-0.3, -0.25) is 0 Å². The second-order valence-electron chi connectivity index (χ2n) is 5.06. The zero-order valence-corrected chi connectivity index (χ0v) is 11.6. The van der Waals surface area contributed by atoms with Crippen molar-refractivity contribution in [2.45, 2.75) is 32.9 Å². The first-order valence-electron chi connectivity index (χ1n) is 6.08. The van der Waals surface area contributed by atoms with Gasteiger partial charge in [0.05, 0.1) is 31.0 Å². The molecule has 0 aliphatic rings. The van der Waals surface area contributed by atoms with Crippen molar-refractivity contribution in [3.8, 4) is 0 Å². The molecule has 1 unspecified atom stereocenters. The SMILES string of the molecule is COC(=O)C(C)(O)Cn1cnc2cc(C)c(C)cc21. The summed E-state index contributed by atoms with van der Waals surface area (Å²) in [6.07, 6.45) is 1.63. The molecule has 1 atom stereocenters. The summed E-state index contributed by atoms with van der Waals surface area (Å²) in [5.74, 6) is -0.654. The highest BCUT2D eigenvalue weighted by atomic mass is 16.5. The highest BCUT2D eigenvalue weighted by Crippen LogP contribution is 2.20. The number of esters is 1. The predicted molar refractivity (Wildman–Crippen MR) is 71.8 cm³/mol. The second-order valence-corrected chi connectivity index (χ2v) is 5.06. The van der Waals surface area contributed by atoms with E-state index in [4.69, 9.17) is 0 Å². The Hall–Kier alpha value is -1.88. The third-order valence-corrected chi connectivity index (χ3v) is 3.34. The molecule has 0 saturated heterocycles. The van der Waals surface area contributed by atoms with E-state index in [9.17, 15) is 9.90 Å². The molecule has 0 aliphatic carbocycles. The number of methoxy groups -OCH3 is 1. The third kappa shape index (κ3) is 2.46. The van der Waals surface area contributed by atoms with Crippen molar-refractivity contribution in [2.75, 3.05) is 7.11 Å². The summed E-state index contributed by atoms with van der Waals surface area (Å²) >= 11 is 0. The topological polar surface area (TPSA) is 64.3 Å². The van der Waals surface area contributed by atoms with Gasteiger partial charge >= 0.3 is 5.97 Å². The van der Waals surface area contributed by atoms with Crippen molar-refractivity contribution in [3.63, 3.8) is 0 Å². The number of ether oxygens (including phenoxy) is 1. The number of aryl methyl sites for hydroxylation is 2. The van der Waals surface area contributed by atoms with E-state index in [-0.39, 0.29) is 6.54 Å². The number of carbonyl (C=O) groups is 1. The van der Waals surface area contributed by atoms with Crippen LogP contribution in [0.25, 0.3) is 11.0 Å². The number of aromatic nitrogens is 2. The molecule has 0 fully saturated rings. The van der Waals surface area contributed by atoms with Gasteiger partial charge in [-0.1, -0.05) is 0 Å². The van der Waals surface area contributed by atoms with Crippen molar-refractivity contribution >= 4 is 17.0 Å². The third-order valence-electron chi connectivity index (χ3n) is 3.34. The minimum absolute atomic E-state index is 0.110. The van der Waals surface area contributed by atoms with E-state index >= 15 is 0 Å². The summed E-state index contributed by atoms with van der Waals surface area (Å²) in [6.45, 7) is 5.59. The number of benzene rings is 1. The minimum Gasteiger partial charge on any atom is -0.467 e. The number of rotatable bonds is 3. The Kier molecular flexibility index (Phi) is 3.32. The molecule has 1 aromatic heterocycles. The molecule has 1 aromatic carbocycles. The Labute approximate surface area is 111 Å². The fourth-order valence-electron chi connectivity index (χ4n) is 2.06. The molecule has 0 aliphatic heterocycles. The van der Waals surface area contributed by atoms with E-state index in [1.165, 1.54) is 14.0 Å². The minimum atomic E-state index is -1.57. The van der Waals surface area contributed by atoms with Crippen molar-refractivity contribution in [2.24, 2.45) is 0 Å². The summed E-state index contributed by atoms with van der Waals surface area (Å²) in [4.78, 5) is 15.8. The molecule has 0 radical (unpaired) electrons. The molecular weight excluding hydrogens is 244 g/mol. The molecule has 1 heterocycles. The Bertz CT molecular complexity index is 629. The van der Waals surface area contributed by atoms with Gasteiger partial charge in [0.1, 0.15) is 0 Å². The van der Waals surface area contributed by atoms with Crippen LogP contribution in [0.1, 0.15) is 18.1 Å². The monoisotopic (exact) mass is 262 g/mol. The van der Waals surface area contributed by atoms with E-state index in [1.807, 2.05) is 26.0 Å². The Morgan fingerprint density at radius 1 is 1.42 bits per heavy atom. The second kappa shape index (κ2) is 4.66. The molecule has 0 amide bonds. The maximum Gasteiger partial charge on any atom is 0.339 e. The van der Waals surface area contributed by atoms with Gasteiger partial charge in [-0.2, -0.15) is 0 Å². The largest absolute Gasteiger partial charge is 0.467 e. The van der Waals surface area contributed by atoms with Crippen LogP contribution in [0.3, 0.4) is 0 Å². The fraction of sp³-hybridized carbons (Fsp3) is 0.429. The molecule has 5 heteroatoms. The number of carbonyl (C=O) groups excluding carboxylic acids is 1. The quantitative estimate of drug-likeness (QED) is 0.853. The van der Waals surface area contributed by atoms with Gasteiger partial charge in [0, 0.05) is 0 Å². The Morgan fingerprint density at radius 2 is 2.05 bits per heavy atom. The standard InChI is InChI=1S/C14H18N2O3/c1-9-5-11-12(6-10(9)2)16(8-15-11)7-14(3,18)13(17)19-4/h5-6,8,18H,7H2,1-4H3. The smallest absolute Gasteiger partial charge is 0.339 e. The molecule has 19 heavy (non-hydrogen) atoms. The molecule has 102 valence electrons. The van der Waals surface area contributed by atoms with Gasteiger partial charge in [-0.05, 0) is 44.0 Å². The first-order valence-corrected chi connectivity index (χ1v) is 6.08. The number of fused-ring (bicyclic) bond motifs is 1. The first kappa shape index (κ1) is 13.5. The number of aliphatic hydroxyl groups is 1. The normalized spacial score (nSPS) is 14.4. The van der Waals surface area contributed by atoms with Crippen molar-refractivity contribution in [1.29, 1.82) is 0 Å². The van der Waals surface area contributed by atoms with Crippen LogP contribution < -0.4 is 0 Å². The predicted octanol–water partition coefficient (Wildman–Crippen LogP) is 1.58. The van der Waals surface area contributed by atoms with E-state index in [1.54, 1.807) is 10.9 Å². The number of hydrogen-bond acceptors (Lipinski definition) is 4. The lowest BCUT2D eigenvalue weighted by Gasteiger charge is -2.21. The summed E-state index contributed by atoms with van der Waals surface area (Å²) in [7, 11) is 1.26. The van der Waals surface area contributed by atoms with Gasteiger partial charge in [-0.15, -0.1) is 0 Å². The van der Waals surface area contributed by atoms with Crippen LogP contribution in [0, 0.1) is 13.8 Å². The average molecular weight is 262 g/mol. The summed E-state index contributed by atoms with van der Waals surface area (Å²) in [5, 5.41) is 10.1. The van der Waals surface area contributed by atoms with Crippen molar-refractivity contribution in [1.82, 2.24) is 9.55 Å². The Balaban J connectivity index is 2.42. The van der Waals surface area contributed by atoms with Gasteiger partial charge in [0.25, 0.3) is 0 Å². The highest BCUT2D eigenvalue weighted by Gasteiger charge is 2.32. The molecule has 5 nitrogen and oxygen atoms in total. The number of imidazole rings is 1. The maximum atomic E-state index is 11.5. The van der Waals surface area contributed by atoms with E-state index < -0.39 is 11.6 Å². The van der Waals surface area contributed by atoms with Gasteiger partial charge in [0.15, 0.2) is 5.60 Å². The zero-order valence-electron chi connectivity index (χ0n) is 11.6. The lowest BCUT2D eigenvalue weighted by Crippen LogP contribution is -2.40. The fourth-order valence-corrected chi connectivity index (χ4v) is 2.06. The van der Waals surface area contributed by atoms with Crippen molar-refractivity contribution < 1.29 is 14.6 Å². The number of nitrogens with zero attached hydrogens (tertiary/aromatic N) is 2. The van der Waals surface area contributed by atoms with Crippen LogP contribution >= 0.6 is 0 Å². The van der Waals surface area contributed by atoms with Crippen LogP contribution in [-0.4, -0.2) is 33.3 Å². The highest BCUT2D eigenvalue weighted by molar-refractivity contribution is 5.80. The summed E-state index contributed by atoms with van der Waals surface area (Å²) < 4.78 is 6.36. The molecule has 0 bridgehead atoms. The van der Waals surface area contributed by atoms with Gasteiger partial charge < -0.3 is 14.4 Å². The summed E-state index contributed by atoms with van der Waals surface area (Å²) in [5.41, 5.74) is 2.49. The first-order chi connectivity index (χ1) is 8.85. The van der Waals surface area contributed by atoms with E-state index in [2.05, 4.69) is 9.72 Å². The van der Waals surface area contributed by atoms with Crippen LogP contribution in [0.5, 0.6) is 0 Å². The Morgan fingerprint density at radius 3 is 2.68 bits per heavy atom. The van der Waals surface area contributed by atoms with Crippen LogP contribution in [0.4, 0.5) is 0 Å². The van der Waals surface area contributed by atoms with Crippen LogP contribution in [0.15, 0.2) is 18.5 Å². The van der Waals surface area contributed by atoms with Crippen molar-refractivity contribution in [3.05, 3.63) is 29.6 Å². The molecule has 1 N–H and O–H groups in total. The lowest BCUT2D eigenvalue weighted by molar-refractivity contribution is -0.161. The van der Waals surface area contributed by atoms with Gasteiger partial charge in [0.2, 0.25) is 0 Å². The maximum absolute atomic E-state index is 11.5. The molecule has 0 saturated carbocycles.